The van der Waals surface area contributed by atoms with Crippen molar-refractivity contribution in [3.8, 4) is 0 Å². The van der Waals surface area contributed by atoms with Crippen molar-refractivity contribution < 1.29 is 14.4 Å². The van der Waals surface area contributed by atoms with E-state index in [1.165, 1.54) is 0 Å². The molecule has 0 saturated carbocycles. The molecule has 0 aliphatic carbocycles. The topological polar surface area (TPSA) is 58.7 Å². The number of methoxy groups -OCH3 is 1. The first-order chi connectivity index (χ1) is 7.65. The molecule has 2 heterocycles. The standard InChI is InChI=1S/C11H18N2O3/c1-3-11(14)7-13(8-11)5-9-4-10(6-15-2)16-12-9/h4,14H,3,5-8H2,1-2H3. The molecule has 0 unspecified atom stereocenters. The van der Waals surface area contributed by atoms with Gasteiger partial charge in [-0.3, -0.25) is 4.90 Å². The molecule has 1 aromatic rings. The van der Waals surface area contributed by atoms with Gasteiger partial charge < -0.3 is 14.4 Å². The lowest BCUT2D eigenvalue weighted by atomic mass is 9.91. The van der Waals surface area contributed by atoms with Crippen LogP contribution in [0, 0.1) is 0 Å². The largest absolute Gasteiger partial charge is 0.387 e. The predicted molar refractivity (Wildman–Crippen MR) is 57.7 cm³/mol. The highest BCUT2D eigenvalue weighted by molar-refractivity contribution is 5.06. The number of aromatic nitrogens is 1. The summed E-state index contributed by atoms with van der Waals surface area (Å²) >= 11 is 0. The van der Waals surface area contributed by atoms with E-state index in [0.717, 1.165) is 37.5 Å². The zero-order valence-electron chi connectivity index (χ0n) is 9.77. The lowest BCUT2D eigenvalue weighted by Gasteiger charge is -2.45. The van der Waals surface area contributed by atoms with Crippen molar-refractivity contribution in [2.24, 2.45) is 0 Å². The monoisotopic (exact) mass is 226 g/mol. The maximum atomic E-state index is 9.85. The minimum absolute atomic E-state index is 0.450. The molecule has 1 saturated heterocycles. The molecule has 16 heavy (non-hydrogen) atoms. The Balaban J connectivity index is 1.82. The molecule has 2 rings (SSSR count). The van der Waals surface area contributed by atoms with Crippen LogP contribution in [0.3, 0.4) is 0 Å². The van der Waals surface area contributed by atoms with Crippen LogP contribution < -0.4 is 0 Å². The number of aliphatic hydroxyl groups is 1. The van der Waals surface area contributed by atoms with Crippen molar-refractivity contribution >= 4 is 0 Å². The number of hydrogen-bond acceptors (Lipinski definition) is 5. The fourth-order valence-corrected chi connectivity index (χ4v) is 1.99. The Bertz CT molecular complexity index is 345. The Labute approximate surface area is 95.0 Å². The van der Waals surface area contributed by atoms with E-state index in [0.29, 0.717) is 6.61 Å². The van der Waals surface area contributed by atoms with Crippen LogP contribution in [-0.4, -0.2) is 41.0 Å². The first-order valence-electron chi connectivity index (χ1n) is 5.53. The van der Waals surface area contributed by atoms with Gasteiger partial charge in [0.25, 0.3) is 0 Å². The van der Waals surface area contributed by atoms with Crippen LogP contribution in [0.1, 0.15) is 24.8 Å². The maximum absolute atomic E-state index is 9.85. The Kier molecular flexibility index (Phi) is 3.28. The molecular formula is C11H18N2O3. The first-order valence-corrected chi connectivity index (χ1v) is 5.53. The number of nitrogens with zero attached hydrogens (tertiary/aromatic N) is 2. The number of ether oxygens (including phenoxy) is 1. The van der Waals surface area contributed by atoms with E-state index in [1.54, 1.807) is 7.11 Å². The fourth-order valence-electron chi connectivity index (χ4n) is 1.99. The van der Waals surface area contributed by atoms with Gasteiger partial charge in [0.05, 0.1) is 11.3 Å². The van der Waals surface area contributed by atoms with Gasteiger partial charge >= 0.3 is 0 Å². The second-order valence-electron chi connectivity index (χ2n) is 4.44. The molecule has 5 nitrogen and oxygen atoms in total. The Morgan fingerprint density at radius 3 is 3.00 bits per heavy atom. The number of likely N-dealkylation sites (tertiary alicyclic amines) is 1. The quantitative estimate of drug-likeness (QED) is 0.804. The van der Waals surface area contributed by atoms with Gasteiger partial charge in [-0.05, 0) is 6.42 Å². The lowest BCUT2D eigenvalue weighted by molar-refractivity contribution is -0.104. The van der Waals surface area contributed by atoms with Crippen LogP contribution in [0.4, 0.5) is 0 Å². The summed E-state index contributed by atoms with van der Waals surface area (Å²) in [6, 6.07) is 1.90. The van der Waals surface area contributed by atoms with E-state index in [1.807, 2.05) is 13.0 Å². The normalized spacial score (nSPS) is 19.7. The summed E-state index contributed by atoms with van der Waals surface area (Å²) in [6.45, 7) is 4.62. The summed E-state index contributed by atoms with van der Waals surface area (Å²) < 4.78 is 10.0. The third-order valence-electron chi connectivity index (χ3n) is 2.97. The highest BCUT2D eigenvalue weighted by atomic mass is 16.5. The van der Waals surface area contributed by atoms with Crippen molar-refractivity contribution in [2.45, 2.75) is 32.1 Å². The molecule has 0 bridgehead atoms. The van der Waals surface area contributed by atoms with Crippen molar-refractivity contribution in [2.75, 3.05) is 20.2 Å². The van der Waals surface area contributed by atoms with Gasteiger partial charge in [-0.25, -0.2) is 0 Å². The summed E-state index contributed by atoms with van der Waals surface area (Å²) in [4.78, 5) is 2.15. The van der Waals surface area contributed by atoms with Gasteiger partial charge in [0.15, 0.2) is 5.76 Å². The van der Waals surface area contributed by atoms with Gasteiger partial charge in [-0.15, -0.1) is 0 Å². The summed E-state index contributed by atoms with van der Waals surface area (Å²) in [5.74, 6) is 0.740. The maximum Gasteiger partial charge on any atom is 0.162 e. The molecule has 0 spiro atoms. The van der Waals surface area contributed by atoms with E-state index in [9.17, 15) is 5.11 Å². The second-order valence-corrected chi connectivity index (χ2v) is 4.44. The van der Waals surface area contributed by atoms with E-state index in [-0.39, 0.29) is 0 Å². The molecule has 0 amide bonds. The zero-order valence-corrected chi connectivity index (χ0v) is 9.77. The van der Waals surface area contributed by atoms with Crippen molar-refractivity contribution in [3.05, 3.63) is 17.5 Å². The number of rotatable bonds is 5. The molecule has 90 valence electrons. The van der Waals surface area contributed by atoms with Crippen LogP contribution in [0.2, 0.25) is 0 Å². The second kappa shape index (κ2) is 4.53. The third kappa shape index (κ3) is 2.42. The fraction of sp³-hybridized carbons (Fsp3) is 0.727. The van der Waals surface area contributed by atoms with Crippen LogP contribution >= 0.6 is 0 Å². The van der Waals surface area contributed by atoms with Gasteiger partial charge in [-0.1, -0.05) is 12.1 Å². The molecule has 1 aliphatic rings. The van der Waals surface area contributed by atoms with Gasteiger partial charge in [0.2, 0.25) is 0 Å². The van der Waals surface area contributed by atoms with Crippen LogP contribution in [0.25, 0.3) is 0 Å². The SMILES string of the molecule is CCC1(O)CN(Cc2cc(COC)on2)C1. The van der Waals surface area contributed by atoms with Gasteiger partial charge in [-0.2, -0.15) is 0 Å². The van der Waals surface area contributed by atoms with Crippen molar-refractivity contribution in [3.63, 3.8) is 0 Å². The summed E-state index contributed by atoms with van der Waals surface area (Å²) in [5, 5.41) is 13.8. The minimum atomic E-state index is -0.487. The van der Waals surface area contributed by atoms with E-state index in [4.69, 9.17) is 9.26 Å². The Morgan fingerprint density at radius 2 is 2.38 bits per heavy atom. The smallest absolute Gasteiger partial charge is 0.162 e. The average molecular weight is 226 g/mol. The predicted octanol–water partition coefficient (Wildman–Crippen LogP) is 0.778. The van der Waals surface area contributed by atoms with E-state index in [2.05, 4.69) is 10.1 Å². The highest BCUT2D eigenvalue weighted by Crippen LogP contribution is 2.25. The summed E-state index contributed by atoms with van der Waals surface area (Å²) in [5.41, 5.74) is 0.407. The van der Waals surface area contributed by atoms with Gasteiger partial charge in [0.1, 0.15) is 6.61 Å². The number of β-amino-alcohol motifs (C(OH)–C–C–N with tert-alkyl or cyclic N) is 1. The molecule has 1 aromatic heterocycles. The minimum Gasteiger partial charge on any atom is -0.387 e. The van der Waals surface area contributed by atoms with Crippen LogP contribution in [-0.2, 0) is 17.9 Å². The lowest BCUT2D eigenvalue weighted by Crippen LogP contribution is -2.60. The Hall–Kier alpha value is -0.910. The first kappa shape index (κ1) is 11.6. The summed E-state index contributed by atoms with van der Waals surface area (Å²) in [7, 11) is 1.62. The van der Waals surface area contributed by atoms with Crippen LogP contribution in [0.15, 0.2) is 10.6 Å². The molecule has 5 heteroatoms. The molecular weight excluding hydrogens is 208 g/mol. The van der Waals surface area contributed by atoms with E-state index >= 15 is 0 Å². The van der Waals surface area contributed by atoms with Gasteiger partial charge in [0, 0.05) is 32.8 Å². The molecule has 0 atom stereocenters. The molecule has 1 fully saturated rings. The van der Waals surface area contributed by atoms with Crippen LogP contribution in [0.5, 0.6) is 0 Å². The van der Waals surface area contributed by atoms with Crippen molar-refractivity contribution in [1.82, 2.24) is 10.1 Å². The summed E-state index contributed by atoms with van der Waals surface area (Å²) in [6.07, 6.45) is 0.803. The zero-order chi connectivity index (χ0) is 11.6. The average Bonchev–Trinajstić information content (AvgIpc) is 2.64. The van der Waals surface area contributed by atoms with Crippen molar-refractivity contribution in [1.29, 1.82) is 0 Å². The van der Waals surface area contributed by atoms with E-state index < -0.39 is 5.60 Å². The number of hydrogen-bond donors (Lipinski definition) is 1. The third-order valence-corrected chi connectivity index (χ3v) is 2.97. The molecule has 0 radical (unpaired) electrons. The molecule has 1 N–H and O–H groups in total. The molecule has 1 aliphatic heterocycles. The highest BCUT2D eigenvalue weighted by Gasteiger charge is 2.39. The molecule has 0 aromatic carbocycles. The Morgan fingerprint density at radius 1 is 1.62 bits per heavy atom.